The lowest BCUT2D eigenvalue weighted by Gasteiger charge is -2.39. The van der Waals surface area contributed by atoms with Gasteiger partial charge in [0, 0.05) is 0 Å². The van der Waals surface area contributed by atoms with Crippen molar-refractivity contribution < 1.29 is 15.0 Å². The zero-order valence-electron chi connectivity index (χ0n) is 15.5. The fourth-order valence-corrected chi connectivity index (χ4v) is 2.23. The second-order valence-corrected chi connectivity index (χ2v) is 7.52. The number of aliphatic hydroxyl groups excluding tert-OH is 1. The number of allylic oxidation sites excluding steroid dienone is 4. The third-order valence-electron chi connectivity index (χ3n) is 4.88. The van der Waals surface area contributed by atoms with Gasteiger partial charge < -0.3 is 10.2 Å². The van der Waals surface area contributed by atoms with Gasteiger partial charge in [-0.3, -0.25) is 4.79 Å². The number of ketones is 1. The maximum absolute atomic E-state index is 11.7. The smallest absolute Gasteiger partial charge is 0.163 e. The molecule has 3 nitrogen and oxygen atoms in total. The molecule has 0 aliphatic carbocycles. The maximum Gasteiger partial charge on any atom is 0.163 e. The molecule has 0 radical (unpaired) electrons. The first-order chi connectivity index (χ1) is 10.9. The number of aromatic hydroxyl groups is 1. The molecule has 0 unspecified atom stereocenters. The average Bonchev–Trinajstić information content (AvgIpc) is 2.45. The number of carbonyl (C=O) groups is 1. The first kappa shape index (κ1) is 19.8. The third kappa shape index (κ3) is 3.97. The molecular formula is C21H28O3. The van der Waals surface area contributed by atoms with Crippen LogP contribution in [0.3, 0.4) is 0 Å². The lowest BCUT2D eigenvalue weighted by Crippen LogP contribution is -2.33. The molecular weight excluding hydrogens is 300 g/mol. The summed E-state index contributed by atoms with van der Waals surface area (Å²) in [6, 6.07) is 5.19. The molecule has 1 aromatic carbocycles. The Morgan fingerprint density at radius 3 is 2.17 bits per heavy atom. The van der Waals surface area contributed by atoms with Crippen LogP contribution in [-0.2, 0) is 10.2 Å². The van der Waals surface area contributed by atoms with Crippen molar-refractivity contribution in [2.45, 2.75) is 47.0 Å². The predicted octanol–water partition coefficient (Wildman–Crippen LogP) is 5.32. The maximum atomic E-state index is 11.7. The minimum absolute atomic E-state index is 0.00389. The lowest BCUT2D eigenvalue weighted by atomic mass is 9.65. The van der Waals surface area contributed by atoms with Gasteiger partial charge in [0.2, 0.25) is 0 Å². The van der Waals surface area contributed by atoms with Crippen LogP contribution in [0, 0.1) is 5.41 Å². The number of aliphatic hydroxyl groups is 1. The van der Waals surface area contributed by atoms with Gasteiger partial charge in [-0.25, -0.2) is 0 Å². The van der Waals surface area contributed by atoms with Crippen LogP contribution in [0.2, 0.25) is 0 Å². The molecule has 0 heterocycles. The first-order valence-electron chi connectivity index (χ1n) is 8.00. The number of carbonyl (C=O) groups excluding carboxylic acids is 1. The Morgan fingerprint density at radius 2 is 1.75 bits per heavy atom. The van der Waals surface area contributed by atoms with E-state index in [-0.39, 0.29) is 39.3 Å². The highest BCUT2D eigenvalue weighted by Crippen LogP contribution is 2.42. The largest absolute Gasteiger partial charge is 0.507 e. The van der Waals surface area contributed by atoms with E-state index in [2.05, 4.69) is 41.2 Å². The molecule has 0 saturated heterocycles. The molecule has 0 aliphatic heterocycles. The van der Waals surface area contributed by atoms with Crippen LogP contribution >= 0.6 is 0 Å². The molecule has 0 atom stereocenters. The lowest BCUT2D eigenvalue weighted by molar-refractivity contribution is -0.113. The van der Waals surface area contributed by atoms with E-state index in [9.17, 15) is 15.0 Å². The predicted molar refractivity (Wildman–Crippen MR) is 100 cm³/mol. The van der Waals surface area contributed by atoms with Crippen LogP contribution in [0.5, 0.6) is 5.75 Å². The van der Waals surface area contributed by atoms with Crippen LogP contribution in [-0.4, -0.2) is 16.0 Å². The molecule has 0 bridgehead atoms. The van der Waals surface area contributed by atoms with E-state index in [1.165, 1.54) is 19.1 Å². The second-order valence-electron chi connectivity index (χ2n) is 7.52. The molecule has 0 aliphatic rings. The minimum atomic E-state index is -0.288. The number of Topliss-reactive ketones (excluding diaryl/α,β-unsaturated/α-hetero) is 1. The van der Waals surface area contributed by atoms with E-state index in [1.807, 2.05) is 6.07 Å². The summed E-state index contributed by atoms with van der Waals surface area (Å²) in [5.41, 5.74) is 1.16. The van der Waals surface area contributed by atoms with Gasteiger partial charge in [0.05, 0.1) is 11.1 Å². The summed E-state index contributed by atoms with van der Waals surface area (Å²) in [5, 5.41) is 20.8. The van der Waals surface area contributed by atoms with Crippen molar-refractivity contribution in [1.82, 2.24) is 0 Å². The Balaban J connectivity index is 3.47. The van der Waals surface area contributed by atoms with Gasteiger partial charge in [-0.15, -0.1) is 0 Å². The molecule has 1 aromatic rings. The molecule has 0 fully saturated rings. The van der Waals surface area contributed by atoms with Crippen LogP contribution < -0.4 is 0 Å². The van der Waals surface area contributed by atoms with E-state index in [0.717, 1.165) is 5.56 Å². The molecule has 0 spiro atoms. The Morgan fingerprint density at radius 1 is 1.17 bits per heavy atom. The first-order valence-corrected chi connectivity index (χ1v) is 8.00. The average molecular weight is 328 g/mol. The zero-order chi connectivity index (χ0) is 18.7. The van der Waals surface area contributed by atoms with Gasteiger partial charge in [-0.1, -0.05) is 59.4 Å². The highest BCUT2D eigenvalue weighted by molar-refractivity contribution is 6.02. The number of hydrogen-bond acceptors (Lipinski definition) is 3. The van der Waals surface area contributed by atoms with E-state index < -0.39 is 0 Å². The SMILES string of the molecule is C=C/C=C\C(C(C)=O)=C(O)c1ccc(C(C)(C)C(C)(C)C)cc1O. The molecule has 0 saturated carbocycles. The van der Waals surface area contributed by atoms with Gasteiger partial charge in [-0.05, 0) is 41.5 Å². The molecule has 0 amide bonds. The summed E-state index contributed by atoms with van der Waals surface area (Å²) in [6.07, 6.45) is 4.57. The van der Waals surface area contributed by atoms with Crippen molar-refractivity contribution in [3.05, 3.63) is 59.7 Å². The van der Waals surface area contributed by atoms with Crippen LogP contribution in [0.1, 0.15) is 52.7 Å². The standard InChI is InChI=1S/C21H28O3/c1-8-9-10-16(14(2)22)19(24)17-12-11-15(13-18(17)23)21(6,7)20(3,4)5/h8-13,23-24H,1H2,2-7H3/b10-9-,19-16?. The zero-order valence-corrected chi connectivity index (χ0v) is 15.5. The van der Waals surface area contributed by atoms with Gasteiger partial charge >= 0.3 is 0 Å². The summed E-state index contributed by atoms with van der Waals surface area (Å²) in [7, 11) is 0. The Bertz CT molecular complexity index is 698. The van der Waals surface area contributed by atoms with E-state index in [0.29, 0.717) is 0 Å². The molecule has 0 aromatic heterocycles. The van der Waals surface area contributed by atoms with Gasteiger partial charge in [0.15, 0.2) is 5.78 Å². The fourth-order valence-electron chi connectivity index (χ4n) is 2.23. The van der Waals surface area contributed by atoms with Gasteiger partial charge in [0.1, 0.15) is 11.5 Å². The number of rotatable bonds is 5. The molecule has 2 N–H and O–H groups in total. The Hall–Kier alpha value is -2.29. The molecule has 3 heteroatoms. The number of phenolic OH excluding ortho intramolecular Hbond substituents is 1. The number of hydrogen-bond donors (Lipinski definition) is 2. The number of phenols is 1. The van der Waals surface area contributed by atoms with Crippen LogP contribution in [0.4, 0.5) is 0 Å². The molecule has 130 valence electrons. The van der Waals surface area contributed by atoms with Gasteiger partial charge in [-0.2, -0.15) is 0 Å². The molecule has 1 rings (SSSR count). The van der Waals surface area contributed by atoms with Gasteiger partial charge in [0.25, 0.3) is 0 Å². The van der Waals surface area contributed by atoms with Crippen molar-refractivity contribution >= 4 is 11.5 Å². The topological polar surface area (TPSA) is 57.5 Å². The summed E-state index contributed by atoms with van der Waals surface area (Å²) >= 11 is 0. The fraction of sp³-hybridized carbons (Fsp3) is 0.381. The van der Waals surface area contributed by atoms with E-state index in [1.54, 1.807) is 18.2 Å². The van der Waals surface area contributed by atoms with E-state index >= 15 is 0 Å². The molecule has 24 heavy (non-hydrogen) atoms. The minimum Gasteiger partial charge on any atom is -0.507 e. The van der Waals surface area contributed by atoms with Crippen molar-refractivity contribution in [1.29, 1.82) is 0 Å². The van der Waals surface area contributed by atoms with Crippen molar-refractivity contribution in [2.75, 3.05) is 0 Å². The highest BCUT2D eigenvalue weighted by Gasteiger charge is 2.34. The summed E-state index contributed by atoms with van der Waals surface area (Å²) < 4.78 is 0. The Labute approximate surface area is 145 Å². The van der Waals surface area contributed by atoms with Crippen LogP contribution in [0.15, 0.2) is 48.6 Å². The Kier molecular flexibility index (Phi) is 5.83. The second kappa shape index (κ2) is 7.08. The van der Waals surface area contributed by atoms with Crippen LogP contribution in [0.25, 0.3) is 5.76 Å². The summed E-state index contributed by atoms with van der Waals surface area (Å²) in [4.78, 5) is 11.7. The highest BCUT2D eigenvalue weighted by atomic mass is 16.3. The summed E-state index contributed by atoms with van der Waals surface area (Å²) in [6.45, 7) is 15.6. The van der Waals surface area contributed by atoms with E-state index in [4.69, 9.17) is 0 Å². The normalized spacial score (nSPS) is 13.8. The van der Waals surface area contributed by atoms with Crippen molar-refractivity contribution in [2.24, 2.45) is 5.41 Å². The monoisotopic (exact) mass is 328 g/mol. The quantitative estimate of drug-likeness (QED) is 0.437. The van der Waals surface area contributed by atoms with Crippen molar-refractivity contribution in [3.8, 4) is 5.75 Å². The number of benzene rings is 1. The third-order valence-corrected chi connectivity index (χ3v) is 4.88. The van der Waals surface area contributed by atoms with Crippen molar-refractivity contribution in [3.63, 3.8) is 0 Å². The summed E-state index contributed by atoms with van der Waals surface area (Å²) in [5.74, 6) is -0.574.